The molecule has 0 radical (unpaired) electrons. The number of carbonyl (C=O) groups excluding carboxylic acids is 1. The van der Waals surface area contributed by atoms with Crippen LogP contribution in [0, 0.1) is 13.8 Å². The summed E-state index contributed by atoms with van der Waals surface area (Å²) in [5.74, 6) is 0.307. The van der Waals surface area contributed by atoms with E-state index in [4.69, 9.17) is 4.52 Å². The highest BCUT2D eigenvalue weighted by molar-refractivity contribution is 6.13. The largest absolute Gasteiger partial charge is 0.336 e. The first-order chi connectivity index (χ1) is 12.1. The van der Waals surface area contributed by atoms with Gasteiger partial charge in [-0.05, 0) is 32.0 Å². The number of anilines is 1. The lowest BCUT2D eigenvalue weighted by atomic mass is 10.1. The van der Waals surface area contributed by atoms with Crippen LogP contribution in [-0.4, -0.2) is 31.2 Å². The van der Waals surface area contributed by atoms with E-state index in [0.717, 1.165) is 5.56 Å². The summed E-state index contributed by atoms with van der Waals surface area (Å²) in [7, 11) is 0. The molecule has 0 saturated carbocycles. The molecule has 4 aromatic rings. The van der Waals surface area contributed by atoms with Crippen LogP contribution in [0.5, 0.6) is 0 Å². The van der Waals surface area contributed by atoms with Gasteiger partial charge in [0.2, 0.25) is 0 Å². The predicted molar refractivity (Wildman–Crippen MR) is 91.0 cm³/mol. The first-order valence-corrected chi connectivity index (χ1v) is 7.63. The van der Waals surface area contributed by atoms with E-state index in [1.54, 1.807) is 19.9 Å². The van der Waals surface area contributed by atoms with E-state index in [2.05, 4.69) is 30.6 Å². The number of H-pyrrole nitrogens is 1. The number of rotatable bonds is 3. The van der Waals surface area contributed by atoms with Crippen LogP contribution in [0.4, 0.5) is 5.69 Å². The number of aromatic amines is 1. The van der Waals surface area contributed by atoms with Gasteiger partial charge in [-0.2, -0.15) is 5.10 Å². The zero-order chi connectivity index (χ0) is 17.4. The number of pyridine rings is 1. The van der Waals surface area contributed by atoms with Gasteiger partial charge in [0, 0.05) is 11.3 Å². The molecule has 1 amide bonds. The second-order valence-electron chi connectivity index (χ2n) is 5.59. The number of benzene rings is 1. The number of fused-ring (bicyclic) bond motifs is 1. The Hall–Kier alpha value is -3.55. The van der Waals surface area contributed by atoms with Crippen LogP contribution in [0.2, 0.25) is 0 Å². The van der Waals surface area contributed by atoms with Gasteiger partial charge in [-0.25, -0.2) is 9.97 Å². The lowest BCUT2D eigenvalue weighted by Gasteiger charge is -2.10. The monoisotopic (exact) mass is 334 g/mol. The molecule has 8 heteroatoms. The van der Waals surface area contributed by atoms with Crippen molar-refractivity contribution in [3.63, 3.8) is 0 Å². The lowest BCUT2D eigenvalue weighted by molar-refractivity contribution is 0.102. The SMILES string of the molecule is Cc1cc(C(=O)Nc2ccccc2-c2ncn[nH]2)c2c(C)noc2n1. The van der Waals surface area contributed by atoms with Gasteiger partial charge in [0.25, 0.3) is 11.6 Å². The van der Waals surface area contributed by atoms with Crippen molar-refractivity contribution in [3.8, 4) is 11.4 Å². The van der Waals surface area contributed by atoms with Crippen LogP contribution in [-0.2, 0) is 0 Å². The minimum Gasteiger partial charge on any atom is -0.336 e. The predicted octanol–water partition coefficient (Wildman–Crippen LogP) is 2.88. The van der Waals surface area contributed by atoms with Gasteiger partial charge in [0.1, 0.15) is 6.33 Å². The topological polar surface area (TPSA) is 110 Å². The highest BCUT2D eigenvalue weighted by atomic mass is 16.5. The third-order valence-electron chi connectivity index (χ3n) is 3.84. The number of hydrogen-bond acceptors (Lipinski definition) is 6. The van der Waals surface area contributed by atoms with Gasteiger partial charge < -0.3 is 9.84 Å². The van der Waals surface area contributed by atoms with Gasteiger partial charge >= 0.3 is 0 Å². The highest BCUT2D eigenvalue weighted by Crippen LogP contribution is 2.27. The van der Waals surface area contributed by atoms with E-state index in [-0.39, 0.29) is 5.91 Å². The normalized spacial score (nSPS) is 11.0. The summed E-state index contributed by atoms with van der Waals surface area (Å²) in [4.78, 5) is 21.3. The third-order valence-corrected chi connectivity index (χ3v) is 3.84. The standard InChI is InChI=1S/C17H14N6O2/c1-9-7-12(14-10(2)23-25-17(14)20-9)16(24)21-13-6-4-3-5-11(13)15-18-8-19-22-15/h3-8H,1-2H3,(H,21,24)(H,18,19,22). The van der Waals surface area contributed by atoms with Crippen LogP contribution >= 0.6 is 0 Å². The first-order valence-electron chi connectivity index (χ1n) is 7.63. The van der Waals surface area contributed by atoms with Gasteiger partial charge in [-0.1, -0.05) is 17.3 Å². The number of amides is 1. The van der Waals surface area contributed by atoms with E-state index in [1.165, 1.54) is 6.33 Å². The van der Waals surface area contributed by atoms with Gasteiger partial charge in [0.15, 0.2) is 5.82 Å². The molecule has 124 valence electrons. The summed E-state index contributed by atoms with van der Waals surface area (Å²) in [6.07, 6.45) is 1.42. The smallest absolute Gasteiger partial charge is 0.258 e. The number of nitrogens with zero attached hydrogens (tertiary/aromatic N) is 4. The molecule has 0 unspecified atom stereocenters. The molecule has 0 fully saturated rings. The number of aryl methyl sites for hydroxylation is 2. The summed E-state index contributed by atoms with van der Waals surface area (Å²) >= 11 is 0. The van der Waals surface area contributed by atoms with Gasteiger partial charge in [-0.3, -0.25) is 9.89 Å². The van der Waals surface area contributed by atoms with Crippen molar-refractivity contribution < 1.29 is 9.32 Å². The van der Waals surface area contributed by atoms with Crippen LogP contribution in [0.15, 0.2) is 41.2 Å². The maximum absolute atomic E-state index is 12.9. The summed E-state index contributed by atoms with van der Waals surface area (Å²) < 4.78 is 5.19. The molecule has 0 aliphatic heterocycles. The van der Waals surface area contributed by atoms with E-state index < -0.39 is 0 Å². The third kappa shape index (κ3) is 2.63. The molecule has 2 N–H and O–H groups in total. The maximum Gasteiger partial charge on any atom is 0.258 e. The van der Waals surface area contributed by atoms with Crippen LogP contribution in [0.25, 0.3) is 22.5 Å². The molecule has 1 aromatic carbocycles. The number of hydrogen-bond donors (Lipinski definition) is 2. The molecular weight excluding hydrogens is 320 g/mol. The second-order valence-corrected chi connectivity index (χ2v) is 5.59. The molecule has 8 nitrogen and oxygen atoms in total. The molecule has 4 rings (SSSR count). The Morgan fingerprint density at radius 2 is 2.08 bits per heavy atom. The Kier molecular flexibility index (Phi) is 3.50. The van der Waals surface area contributed by atoms with Crippen molar-refractivity contribution in [1.29, 1.82) is 0 Å². The quantitative estimate of drug-likeness (QED) is 0.596. The Balaban J connectivity index is 1.76. The number of carbonyl (C=O) groups is 1. The Labute approximate surface area is 142 Å². The Morgan fingerprint density at radius 3 is 2.88 bits per heavy atom. The van der Waals surface area contributed by atoms with Gasteiger partial charge in [-0.15, -0.1) is 0 Å². The maximum atomic E-state index is 12.9. The van der Waals surface area contributed by atoms with E-state index in [1.807, 2.05) is 24.3 Å². The minimum absolute atomic E-state index is 0.270. The molecule has 3 heterocycles. The van der Waals surface area contributed by atoms with E-state index in [9.17, 15) is 4.79 Å². The number of aromatic nitrogens is 5. The summed E-state index contributed by atoms with van der Waals surface area (Å²) in [5, 5.41) is 14.1. The fourth-order valence-corrected chi connectivity index (χ4v) is 2.72. The fourth-order valence-electron chi connectivity index (χ4n) is 2.72. The molecule has 0 bridgehead atoms. The van der Waals surface area contributed by atoms with Crippen LogP contribution < -0.4 is 5.32 Å². The summed E-state index contributed by atoms with van der Waals surface area (Å²) in [6.45, 7) is 3.58. The Bertz CT molecular complexity index is 1070. The summed E-state index contributed by atoms with van der Waals surface area (Å²) in [5.41, 5.74) is 3.49. The van der Waals surface area contributed by atoms with Crippen molar-refractivity contribution in [2.45, 2.75) is 13.8 Å². The van der Waals surface area contributed by atoms with Crippen molar-refractivity contribution in [2.24, 2.45) is 0 Å². The van der Waals surface area contributed by atoms with Crippen molar-refractivity contribution in [1.82, 2.24) is 25.3 Å². The van der Waals surface area contributed by atoms with Crippen LogP contribution in [0.1, 0.15) is 21.7 Å². The van der Waals surface area contributed by atoms with E-state index in [0.29, 0.717) is 39.6 Å². The molecule has 3 aromatic heterocycles. The fraction of sp³-hybridized carbons (Fsp3) is 0.118. The first kappa shape index (κ1) is 15.0. The highest BCUT2D eigenvalue weighted by Gasteiger charge is 2.19. The zero-order valence-corrected chi connectivity index (χ0v) is 13.6. The van der Waals surface area contributed by atoms with Crippen LogP contribution in [0.3, 0.4) is 0 Å². The number of nitrogens with one attached hydrogen (secondary N) is 2. The number of para-hydroxylation sites is 1. The van der Waals surface area contributed by atoms with Crippen molar-refractivity contribution in [3.05, 3.63) is 53.6 Å². The minimum atomic E-state index is -0.270. The van der Waals surface area contributed by atoms with Gasteiger partial charge in [0.05, 0.1) is 22.3 Å². The van der Waals surface area contributed by atoms with Crippen molar-refractivity contribution >= 4 is 22.7 Å². The Morgan fingerprint density at radius 1 is 1.24 bits per heavy atom. The molecule has 0 spiro atoms. The molecule has 0 aliphatic carbocycles. The lowest BCUT2D eigenvalue weighted by Crippen LogP contribution is -2.14. The second kappa shape index (κ2) is 5.82. The molecular formula is C17H14N6O2. The zero-order valence-electron chi connectivity index (χ0n) is 13.6. The van der Waals surface area contributed by atoms with E-state index >= 15 is 0 Å². The molecule has 25 heavy (non-hydrogen) atoms. The molecule has 0 atom stereocenters. The summed E-state index contributed by atoms with van der Waals surface area (Å²) in [6, 6.07) is 9.09. The average Bonchev–Trinajstić information content (AvgIpc) is 3.25. The van der Waals surface area contributed by atoms with Crippen molar-refractivity contribution in [2.75, 3.05) is 5.32 Å². The molecule has 0 aliphatic rings. The molecule has 0 saturated heterocycles. The average molecular weight is 334 g/mol.